The van der Waals surface area contributed by atoms with E-state index < -0.39 is 17.8 Å². The average molecular weight is 343 g/mol. The number of aromatic hydroxyl groups is 1. The van der Waals surface area contributed by atoms with Crippen LogP contribution in [-0.2, 0) is 9.59 Å². The van der Waals surface area contributed by atoms with Crippen molar-refractivity contribution in [2.24, 2.45) is 0 Å². The minimum Gasteiger partial charge on any atom is -0.508 e. The maximum atomic E-state index is 12.6. The maximum Gasteiger partial charge on any atom is 0.335 e. The quantitative estimate of drug-likeness (QED) is 0.649. The van der Waals surface area contributed by atoms with E-state index in [-0.39, 0.29) is 17.0 Å². The predicted molar refractivity (Wildman–Crippen MR) is 88.6 cm³/mol. The number of urea groups is 1. The molecular weight excluding hydrogens is 332 g/mol. The number of rotatable bonds is 2. The third kappa shape index (κ3) is 3.00. The fourth-order valence-corrected chi connectivity index (χ4v) is 2.47. The molecule has 1 aliphatic heterocycles. The SMILES string of the molecule is O=C1NC(=O)N(c2cccc(Cl)c2)C(=O)C1=Cc1cccc(O)c1. The van der Waals surface area contributed by atoms with Gasteiger partial charge >= 0.3 is 6.03 Å². The van der Waals surface area contributed by atoms with E-state index in [2.05, 4.69) is 5.32 Å². The van der Waals surface area contributed by atoms with E-state index >= 15 is 0 Å². The molecule has 6 nitrogen and oxygen atoms in total. The van der Waals surface area contributed by atoms with Gasteiger partial charge in [-0.3, -0.25) is 14.9 Å². The van der Waals surface area contributed by atoms with Crippen molar-refractivity contribution in [1.82, 2.24) is 5.32 Å². The number of imide groups is 2. The highest BCUT2D eigenvalue weighted by molar-refractivity contribution is 6.39. The first-order chi connectivity index (χ1) is 11.5. The molecule has 4 amide bonds. The third-order valence-corrected chi connectivity index (χ3v) is 3.58. The summed E-state index contributed by atoms with van der Waals surface area (Å²) < 4.78 is 0. The minimum atomic E-state index is -0.847. The van der Waals surface area contributed by atoms with Gasteiger partial charge in [-0.2, -0.15) is 0 Å². The summed E-state index contributed by atoms with van der Waals surface area (Å²) in [5.41, 5.74) is 0.480. The Labute approximate surface area is 142 Å². The van der Waals surface area contributed by atoms with Crippen LogP contribution in [-0.4, -0.2) is 23.0 Å². The zero-order valence-corrected chi connectivity index (χ0v) is 12.9. The van der Waals surface area contributed by atoms with E-state index in [1.807, 2.05) is 0 Å². The first-order valence-corrected chi connectivity index (χ1v) is 7.29. The fourth-order valence-electron chi connectivity index (χ4n) is 2.29. The van der Waals surface area contributed by atoms with E-state index in [0.29, 0.717) is 10.6 Å². The van der Waals surface area contributed by atoms with Crippen molar-refractivity contribution in [1.29, 1.82) is 0 Å². The lowest BCUT2D eigenvalue weighted by molar-refractivity contribution is -0.122. The van der Waals surface area contributed by atoms with Gasteiger partial charge < -0.3 is 5.11 Å². The third-order valence-electron chi connectivity index (χ3n) is 3.35. The van der Waals surface area contributed by atoms with Crippen molar-refractivity contribution in [3.05, 3.63) is 64.7 Å². The Bertz CT molecular complexity index is 892. The van der Waals surface area contributed by atoms with Crippen molar-refractivity contribution in [3.63, 3.8) is 0 Å². The molecule has 2 N–H and O–H groups in total. The lowest BCUT2D eigenvalue weighted by atomic mass is 10.1. The zero-order valence-electron chi connectivity index (χ0n) is 12.2. The number of nitrogens with one attached hydrogen (secondary N) is 1. The van der Waals surface area contributed by atoms with E-state index in [1.54, 1.807) is 24.3 Å². The second-order valence-electron chi connectivity index (χ2n) is 5.03. The van der Waals surface area contributed by atoms with Gasteiger partial charge in [-0.05, 0) is 42.0 Å². The number of carbonyl (C=O) groups excluding carboxylic acids is 3. The number of barbiturate groups is 1. The number of phenols is 1. The van der Waals surface area contributed by atoms with Gasteiger partial charge in [0.2, 0.25) is 0 Å². The molecule has 1 heterocycles. The average Bonchev–Trinajstić information content (AvgIpc) is 2.51. The van der Waals surface area contributed by atoms with Crippen molar-refractivity contribution in [2.45, 2.75) is 0 Å². The summed E-state index contributed by atoms with van der Waals surface area (Å²) in [5, 5.41) is 11.9. The number of anilines is 1. The molecule has 0 saturated carbocycles. The number of amides is 4. The molecule has 0 aromatic heterocycles. The van der Waals surface area contributed by atoms with Gasteiger partial charge in [0.05, 0.1) is 5.69 Å². The number of hydrogen-bond donors (Lipinski definition) is 2. The lowest BCUT2D eigenvalue weighted by Gasteiger charge is -2.26. The van der Waals surface area contributed by atoms with E-state index in [1.165, 1.54) is 30.3 Å². The first-order valence-electron chi connectivity index (χ1n) is 6.92. The summed E-state index contributed by atoms with van der Waals surface area (Å²) in [6.07, 6.45) is 1.31. The summed E-state index contributed by atoms with van der Waals surface area (Å²) in [6, 6.07) is 11.4. The Morgan fingerprint density at radius 1 is 1.04 bits per heavy atom. The molecule has 24 heavy (non-hydrogen) atoms. The van der Waals surface area contributed by atoms with Crippen LogP contribution in [0.4, 0.5) is 10.5 Å². The van der Waals surface area contributed by atoms with Gasteiger partial charge in [0.25, 0.3) is 11.8 Å². The first kappa shape index (κ1) is 15.8. The lowest BCUT2D eigenvalue weighted by Crippen LogP contribution is -2.54. The van der Waals surface area contributed by atoms with Gasteiger partial charge in [-0.25, -0.2) is 9.69 Å². The van der Waals surface area contributed by atoms with Gasteiger partial charge in [0.1, 0.15) is 11.3 Å². The molecule has 7 heteroatoms. The molecule has 0 spiro atoms. The Morgan fingerprint density at radius 3 is 2.50 bits per heavy atom. The number of benzene rings is 2. The van der Waals surface area contributed by atoms with Crippen LogP contribution in [0.3, 0.4) is 0 Å². The van der Waals surface area contributed by atoms with Gasteiger partial charge in [0, 0.05) is 5.02 Å². The van der Waals surface area contributed by atoms with Crippen molar-refractivity contribution < 1.29 is 19.5 Å². The zero-order chi connectivity index (χ0) is 17.3. The molecule has 1 fully saturated rings. The van der Waals surface area contributed by atoms with Crippen LogP contribution in [0.25, 0.3) is 6.08 Å². The molecule has 3 rings (SSSR count). The number of halogens is 1. The van der Waals surface area contributed by atoms with E-state index in [9.17, 15) is 19.5 Å². The molecular formula is C17H11ClN2O4. The van der Waals surface area contributed by atoms with Crippen LogP contribution in [0.5, 0.6) is 5.75 Å². The molecule has 0 aliphatic carbocycles. The number of nitrogens with zero attached hydrogens (tertiary/aromatic N) is 1. The molecule has 0 radical (unpaired) electrons. The van der Waals surface area contributed by atoms with Gasteiger partial charge in [-0.1, -0.05) is 29.8 Å². The van der Waals surface area contributed by atoms with Crippen LogP contribution >= 0.6 is 11.6 Å². The van der Waals surface area contributed by atoms with Crippen molar-refractivity contribution >= 4 is 41.2 Å². The van der Waals surface area contributed by atoms with E-state index in [0.717, 1.165) is 4.90 Å². The van der Waals surface area contributed by atoms with Crippen molar-refractivity contribution in [2.75, 3.05) is 4.90 Å². The largest absolute Gasteiger partial charge is 0.508 e. The molecule has 0 atom stereocenters. The van der Waals surface area contributed by atoms with Crippen LogP contribution < -0.4 is 10.2 Å². The van der Waals surface area contributed by atoms with Crippen LogP contribution in [0.15, 0.2) is 54.1 Å². The smallest absolute Gasteiger partial charge is 0.335 e. The molecule has 1 saturated heterocycles. The Morgan fingerprint density at radius 2 is 1.79 bits per heavy atom. The highest BCUT2D eigenvalue weighted by Gasteiger charge is 2.36. The molecule has 2 aromatic rings. The second kappa shape index (κ2) is 6.17. The summed E-state index contributed by atoms with van der Waals surface area (Å²) in [7, 11) is 0. The van der Waals surface area contributed by atoms with Gasteiger partial charge in [0.15, 0.2) is 0 Å². The highest BCUT2D eigenvalue weighted by atomic mass is 35.5. The minimum absolute atomic E-state index is 0.00390. The standard InChI is InChI=1S/C17H11ClN2O4/c18-11-4-2-5-12(9-11)20-16(23)14(15(22)19-17(20)24)8-10-3-1-6-13(21)7-10/h1-9,21H,(H,19,22,24). The Balaban J connectivity index is 2.03. The Hall–Kier alpha value is -3.12. The van der Waals surface area contributed by atoms with Crippen LogP contribution in [0.2, 0.25) is 5.02 Å². The predicted octanol–water partition coefficient (Wildman–Crippen LogP) is 2.71. The van der Waals surface area contributed by atoms with Crippen LogP contribution in [0, 0.1) is 0 Å². The fraction of sp³-hybridized carbons (Fsp3) is 0. The summed E-state index contributed by atoms with van der Waals surface area (Å²) >= 11 is 5.89. The number of hydrogen-bond acceptors (Lipinski definition) is 4. The number of phenolic OH excluding ortho intramolecular Hbond substituents is 1. The summed E-state index contributed by atoms with van der Waals surface area (Å²) in [4.78, 5) is 37.5. The van der Waals surface area contributed by atoms with E-state index in [4.69, 9.17) is 11.6 Å². The molecule has 1 aliphatic rings. The summed E-state index contributed by atoms with van der Waals surface area (Å²) in [5.74, 6) is -1.57. The highest BCUT2D eigenvalue weighted by Crippen LogP contribution is 2.24. The monoisotopic (exact) mass is 342 g/mol. The molecule has 0 unspecified atom stereocenters. The maximum absolute atomic E-state index is 12.6. The molecule has 0 bridgehead atoms. The topological polar surface area (TPSA) is 86.7 Å². The molecule has 2 aromatic carbocycles. The Kier molecular flexibility index (Phi) is 4.05. The number of carbonyl (C=O) groups is 3. The molecule has 120 valence electrons. The van der Waals surface area contributed by atoms with Crippen molar-refractivity contribution in [3.8, 4) is 5.75 Å². The second-order valence-corrected chi connectivity index (χ2v) is 5.47. The van der Waals surface area contributed by atoms with Crippen LogP contribution in [0.1, 0.15) is 5.56 Å². The van der Waals surface area contributed by atoms with Gasteiger partial charge in [-0.15, -0.1) is 0 Å². The summed E-state index contributed by atoms with van der Waals surface area (Å²) in [6.45, 7) is 0. The normalized spacial score (nSPS) is 16.5.